The molecule has 0 aliphatic heterocycles. The summed E-state index contributed by atoms with van der Waals surface area (Å²) in [6, 6.07) is 0.149. The van der Waals surface area contributed by atoms with Gasteiger partial charge in [0.2, 0.25) is 5.91 Å². The van der Waals surface area contributed by atoms with E-state index in [4.69, 9.17) is 11.5 Å². The Morgan fingerprint density at radius 1 is 0.962 bits per heavy atom. The quantitative estimate of drug-likeness (QED) is 0.767. The van der Waals surface area contributed by atoms with E-state index >= 15 is 0 Å². The minimum atomic E-state index is -0.201. The van der Waals surface area contributed by atoms with Crippen LogP contribution >= 0.6 is 0 Å². The maximum Gasteiger partial charge on any atom is 0.217 e. The Labute approximate surface area is 160 Å². The van der Waals surface area contributed by atoms with Crippen LogP contribution in [0.4, 0.5) is 0 Å². The van der Waals surface area contributed by atoms with Crippen LogP contribution in [0.5, 0.6) is 0 Å². The molecule has 0 radical (unpaired) electrons. The van der Waals surface area contributed by atoms with Crippen molar-refractivity contribution in [3.63, 3.8) is 0 Å². The third kappa shape index (κ3) is 2.84. The number of hydrogen-bond donors (Lipinski definition) is 2. The predicted molar refractivity (Wildman–Crippen MR) is 106 cm³/mol. The van der Waals surface area contributed by atoms with Gasteiger partial charge in [0.15, 0.2) is 0 Å². The fourth-order valence-corrected chi connectivity index (χ4v) is 8.55. The summed E-state index contributed by atoms with van der Waals surface area (Å²) in [4.78, 5) is 11.2. The first-order valence-corrected chi connectivity index (χ1v) is 11.4. The van der Waals surface area contributed by atoms with Crippen molar-refractivity contribution in [2.45, 2.75) is 96.9 Å². The topological polar surface area (TPSA) is 69.1 Å². The third-order valence-corrected chi connectivity index (χ3v) is 9.90. The SMILES string of the molecule is C[C@]12CCCC[C@H]1CC[C@@H]1[C@@H]2CC[C@]2(C)[C@@H]([C@H](N)CCC(N)=O)CC[C@@H]12. The number of amides is 1. The van der Waals surface area contributed by atoms with Gasteiger partial charge in [-0.3, -0.25) is 4.79 Å². The molecule has 148 valence electrons. The Balaban J connectivity index is 1.52. The molecule has 3 heteroatoms. The molecule has 4 rings (SSSR count). The third-order valence-electron chi connectivity index (χ3n) is 9.90. The van der Waals surface area contributed by atoms with E-state index < -0.39 is 0 Å². The average Bonchev–Trinajstić information content (AvgIpc) is 2.96. The van der Waals surface area contributed by atoms with Gasteiger partial charge in [0.05, 0.1) is 0 Å². The fraction of sp³-hybridized carbons (Fsp3) is 0.957. The number of nitrogens with two attached hydrogens (primary N) is 2. The molecule has 4 aliphatic carbocycles. The normalized spacial score (nSPS) is 49.0. The van der Waals surface area contributed by atoms with Crippen LogP contribution < -0.4 is 11.5 Å². The Hall–Kier alpha value is -0.570. The lowest BCUT2D eigenvalue weighted by atomic mass is 9.44. The number of carbonyl (C=O) groups excluding carboxylic acids is 1. The highest BCUT2D eigenvalue weighted by Crippen LogP contribution is 2.67. The molecule has 0 aromatic rings. The lowest BCUT2D eigenvalue weighted by Crippen LogP contribution is -2.54. The van der Waals surface area contributed by atoms with E-state index in [9.17, 15) is 4.79 Å². The first-order valence-electron chi connectivity index (χ1n) is 11.4. The number of primary amides is 1. The maximum absolute atomic E-state index is 11.2. The van der Waals surface area contributed by atoms with Crippen molar-refractivity contribution in [2.75, 3.05) is 0 Å². The highest BCUT2D eigenvalue weighted by atomic mass is 16.1. The van der Waals surface area contributed by atoms with Crippen LogP contribution in [0.2, 0.25) is 0 Å². The Morgan fingerprint density at radius 2 is 1.73 bits per heavy atom. The Bertz CT molecular complexity index is 548. The van der Waals surface area contributed by atoms with Crippen molar-refractivity contribution >= 4 is 5.91 Å². The van der Waals surface area contributed by atoms with Crippen molar-refractivity contribution in [3.8, 4) is 0 Å². The second-order valence-corrected chi connectivity index (χ2v) is 10.8. The average molecular weight is 361 g/mol. The summed E-state index contributed by atoms with van der Waals surface area (Å²) in [6.07, 6.45) is 15.5. The monoisotopic (exact) mass is 360 g/mol. The van der Waals surface area contributed by atoms with Gasteiger partial charge in [0.1, 0.15) is 0 Å². The van der Waals surface area contributed by atoms with Gasteiger partial charge in [-0.2, -0.15) is 0 Å². The zero-order valence-electron chi connectivity index (χ0n) is 17.0. The summed E-state index contributed by atoms with van der Waals surface area (Å²) < 4.78 is 0. The maximum atomic E-state index is 11.2. The van der Waals surface area contributed by atoms with Gasteiger partial charge in [0, 0.05) is 12.5 Å². The highest BCUT2D eigenvalue weighted by molar-refractivity contribution is 5.73. The molecule has 26 heavy (non-hydrogen) atoms. The molecule has 4 N–H and O–H groups in total. The molecule has 0 aromatic heterocycles. The molecule has 0 heterocycles. The molecular formula is C23H40N2O. The van der Waals surface area contributed by atoms with Gasteiger partial charge in [0.25, 0.3) is 0 Å². The molecule has 0 spiro atoms. The van der Waals surface area contributed by atoms with Gasteiger partial charge in [-0.15, -0.1) is 0 Å². The van der Waals surface area contributed by atoms with Crippen LogP contribution in [0.15, 0.2) is 0 Å². The summed E-state index contributed by atoms with van der Waals surface area (Å²) in [5.41, 5.74) is 13.0. The van der Waals surface area contributed by atoms with Crippen LogP contribution in [-0.4, -0.2) is 11.9 Å². The first kappa shape index (κ1) is 18.8. The first-order chi connectivity index (χ1) is 12.4. The molecule has 4 saturated carbocycles. The van der Waals surface area contributed by atoms with E-state index in [1.807, 2.05) is 0 Å². The Kier molecular flexibility index (Phi) is 4.91. The second-order valence-electron chi connectivity index (χ2n) is 10.8. The lowest BCUT2D eigenvalue weighted by Gasteiger charge is -2.60. The van der Waals surface area contributed by atoms with Crippen molar-refractivity contribution in [1.82, 2.24) is 0 Å². The van der Waals surface area contributed by atoms with E-state index in [-0.39, 0.29) is 11.9 Å². The zero-order chi connectivity index (χ0) is 18.5. The number of fused-ring (bicyclic) bond motifs is 5. The highest BCUT2D eigenvalue weighted by Gasteiger charge is 2.60. The van der Waals surface area contributed by atoms with Crippen molar-refractivity contribution in [2.24, 2.45) is 51.9 Å². The van der Waals surface area contributed by atoms with E-state index in [1.54, 1.807) is 0 Å². The zero-order valence-corrected chi connectivity index (χ0v) is 17.0. The molecule has 1 amide bonds. The molecule has 0 aromatic carbocycles. The standard InChI is InChI=1S/C23H40N2O/c1-22-13-4-3-5-15(22)6-7-16-17-8-9-19(20(24)10-11-21(25)26)23(17,2)14-12-18(16)22/h15-20H,3-14,24H2,1-2H3,(H2,25,26)/t15-,16-,17-,18-,19+,20+,22-,23-/m0/s1. The molecule has 4 fully saturated rings. The van der Waals surface area contributed by atoms with Crippen molar-refractivity contribution in [1.29, 1.82) is 0 Å². The second kappa shape index (κ2) is 6.79. The lowest BCUT2D eigenvalue weighted by molar-refractivity contribution is -0.119. The van der Waals surface area contributed by atoms with Crippen LogP contribution in [-0.2, 0) is 4.79 Å². The van der Waals surface area contributed by atoms with Crippen molar-refractivity contribution < 1.29 is 4.79 Å². The van der Waals surface area contributed by atoms with E-state index in [0.717, 1.165) is 30.1 Å². The van der Waals surface area contributed by atoms with E-state index in [0.29, 0.717) is 23.2 Å². The van der Waals surface area contributed by atoms with Crippen molar-refractivity contribution in [3.05, 3.63) is 0 Å². The van der Waals surface area contributed by atoms with Crippen LogP contribution in [0.25, 0.3) is 0 Å². The smallest absolute Gasteiger partial charge is 0.217 e. The van der Waals surface area contributed by atoms with E-state index in [2.05, 4.69) is 13.8 Å². The van der Waals surface area contributed by atoms with Crippen LogP contribution in [0.3, 0.4) is 0 Å². The summed E-state index contributed by atoms with van der Waals surface area (Å²) in [6.45, 7) is 5.20. The van der Waals surface area contributed by atoms with Gasteiger partial charge in [-0.05, 0) is 98.2 Å². The number of rotatable bonds is 4. The fourth-order valence-electron chi connectivity index (χ4n) is 8.55. The largest absolute Gasteiger partial charge is 0.370 e. The molecule has 0 saturated heterocycles. The minimum absolute atomic E-state index is 0.149. The van der Waals surface area contributed by atoms with Gasteiger partial charge in [-0.25, -0.2) is 0 Å². The molecular weight excluding hydrogens is 320 g/mol. The van der Waals surface area contributed by atoms with Gasteiger partial charge >= 0.3 is 0 Å². The van der Waals surface area contributed by atoms with Crippen LogP contribution in [0, 0.1) is 40.4 Å². The molecule has 8 atom stereocenters. The Morgan fingerprint density at radius 3 is 2.50 bits per heavy atom. The summed E-state index contributed by atoms with van der Waals surface area (Å²) in [7, 11) is 0. The summed E-state index contributed by atoms with van der Waals surface area (Å²) in [5.74, 6) is 4.14. The van der Waals surface area contributed by atoms with Crippen LogP contribution in [0.1, 0.15) is 90.9 Å². The van der Waals surface area contributed by atoms with Gasteiger partial charge < -0.3 is 11.5 Å². The number of carbonyl (C=O) groups is 1. The van der Waals surface area contributed by atoms with E-state index in [1.165, 1.54) is 64.2 Å². The number of hydrogen-bond acceptors (Lipinski definition) is 2. The van der Waals surface area contributed by atoms with Gasteiger partial charge in [-0.1, -0.05) is 26.7 Å². The molecule has 0 unspecified atom stereocenters. The molecule has 0 bridgehead atoms. The predicted octanol–water partition coefficient (Wildman–Crippen LogP) is 4.63. The minimum Gasteiger partial charge on any atom is -0.370 e. The molecule has 3 nitrogen and oxygen atoms in total. The summed E-state index contributed by atoms with van der Waals surface area (Å²) >= 11 is 0. The summed E-state index contributed by atoms with van der Waals surface area (Å²) in [5, 5.41) is 0. The molecule has 4 aliphatic rings.